The van der Waals surface area contributed by atoms with Gasteiger partial charge < -0.3 is 15.2 Å². The highest BCUT2D eigenvalue weighted by Crippen LogP contribution is 2.30. The third kappa shape index (κ3) is 5.09. The number of ether oxygens (including phenoxy) is 1. The van der Waals surface area contributed by atoms with Crippen molar-refractivity contribution >= 4 is 11.9 Å². The van der Waals surface area contributed by atoms with Gasteiger partial charge in [-0.05, 0) is 62.4 Å². The number of carboxylic acid groups (broad SMARTS) is 1. The fourth-order valence-corrected chi connectivity index (χ4v) is 3.47. The van der Waals surface area contributed by atoms with Crippen molar-refractivity contribution in [1.29, 1.82) is 0 Å². The van der Waals surface area contributed by atoms with E-state index in [0.29, 0.717) is 25.7 Å². The minimum Gasteiger partial charge on any atom is -0.481 e. The highest BCUT2D eigenvalue weighted by Gasteiger charge is 2.30. The molecule has 3 rings (SSSR count). The summed E-state index contributed by atoms with van der Waals surface area (Å²) < 4.78 is 5.78. The van der Waals surface area contributed by atoms with Gasteiger partial charge in [-0.3, -0.25) is 9.59 Å². The lowest BCUT2D eigenvalue weighted by molar-refractivity contribution is -0.144. The maximum atomic E-state index is 12.5. The topological polar surface area (TPSA) is 75.6 Å². The molecule has 142 valence electrons. The normalized spacial score (nSPS) is 20.5. The molecule has 1 amide bonds. The lowest BCUT2D eigenvalue weighted by atomic mass is 9.81. The molecule has 1 aliphatic carbocycles. The first-order valence-electron chi connectivity index (χ1n) is 9.39. The molecule has 1 unspecified atom stereocenters. The molecule has 0 spiro atoms. The van der Waals surface area contributed by atoms with Crippen molar-refractivity contribution in [1.82, 2.24) is 5.32 Å². The first kappa shape index (κ1) is 19.0. The minimum absolute atomic E-state index is 0.0101. The Morgan fingerprint density at radius 2 is 1.48 bits per heavy atom. The van der Waals surface area contributed by atoms with E-state index < -0.39 is 5.97 Å². The van der Waals surface area contributed by atoms with Gasteiger partial charge in [-0.25, -0.2) is 0 Å². The Bertz CT molecular complexity index is 765. The molecule has 5 heteroatoms. The third-order valence-electron chi connectivity index (χ3n) is 5.16. The van der Waals surface area contributed by atoms with E-state index >= 15 is 0 Å². The van der Waals surface area contributed by atoms with Crippen LogP contribution < -0.4 is 10.1 Å². The average Bonchev–Trinajstić information content (AvgIpc) is 2.69. The summed E-state index contributed by atoms with van der Waals surface area (Å²) in [5, 5.41) is 12.1. The number of rotatable bonds is 6. The van der Waals surface area contributed by atoms with E-state index in [9.17, 15) is 9.59 Å². The van der Waals surface area contributed by atoms with E-state index in [2.05, 4.69) is 5.32 Å². The zero-order chi connectivity index (χ0) is 19.2. The molecule has 1 atom stereocenters. The number of amides is 1. The van der Waals surface area contributed by atoms with E-state index in [1.165, 1.54) is 0 Å². The van der Waals surface area contributed by atoms with Crippen molar-refractivity contribution < 1.29 is 19.4 Å². The summed E-state index contributed by atoms with van der Waals surface area (Å²) >= 11 is 0. The third-order valence-corrected chi connectivity index (χ3v) is 5.16. The molecule has 2 aromatic carbocycles. The zero-order valence-corrected chi connectivity index (χ0v) is 15.4. The number of benzene rings is 2. The second-order valence-corrected chi connectivity index (χ2v) is 7.10. The molecule has 2 N–H and O–H groups in total. The Morgan fingerprint density at radius 3 is 2.07 bits per heavy atom. The molecule has 5 nitrogen and oxygen atoms in total. The zero-order valence-electron chi connectivity index (χ0n) is 15.4. The number of carbonyl (C=O) groups excluding carboxylic acids is 1. The number of carbonyl (C=O) groups is 2. The molecule has 27 heavy (non-hydrogen) atoms. The number of para-hydroxylation sites is 1. The van der Waals surface area contributed by atoms with Gasteiger partial charge in [0.25, 0.3) is 0 Å². The van der Waals surface area contributed by atoms with Crippen molar-refractivity contribution in [3.8, 4) is 11.5 Å². The summed E-state index contributed by atoms with van der Waals surface area (Å²) in [6, 6.07) is 17.2. The fraction of sp³-hybridized carbons (Fsp3) is 0.364. The summed E-state index contributed by atoms with van der Waals surface area (Å²) in [4.78, 5) is 23.5. The quantitative estimate of drug-likeness (QED) is 0.785. The molecule has 2 aromatic rings. The Kier molecular flexibility index (Phi) is 6.12. The maximum absolute atomic E-state index is 12.5. The number of hydrogen-bond donors (Lipinski definition) is 2. The fourth-order valence-electron chi connectivity index (χ4n) is 3.47. The number of hydrogen-bond acceptors (Lipinski definition) is 3. The SMILES string of the molecule is CC(NC(=O)C1CCC(C(=O)O)CC1)c1ccc(Oc2ccccc2)cc1. The van der Waals surface area contributed by atoms with Crippen LogP contribution in [0, 0.1) is 11.8 Å². The summed E-state index contributed by atoms with van der Waals surface area (Å²) in [7, 11) is 0. The van der Waals surface area contributed by atoms with Gasteiger partial charge in [0.05, 0.1) is 12.0 Å². The van der Waals surface area contributed by atoms with Crippen molar-refractivity contribution in [2.45, 2.75) is 38.6 Å². The Morgan fingerprint density at radius 1 is 0.926 bits per heavy atom. The molecule has 0 aliphatic heterocycles. The number of carboxylic acids is 1. The number of nitrogens with one attached hydrogen (secondary N) is 1. The van der Waals surface area contributed by atoms with Crippen molar-refractivity contribution in [2.75, 3.05) is 0 Å². The maximum Gasteiger partial charge on any atom is 0.306 e. The molecule has 1 saturated carbocycles. The van der Waals surface area contributed by atoms with E-state index in [4.69, 9.17) is 9.84 Å². The molecular weight excluding hydrogens is 342 g/mol. The Balaban J connectivity index is 1.52. The van der Waals surface area contributed by atoms with Crippen molar-refractivity contribution in [3.05, 3.63) is 60.2 Å². The van der Waals surface area contributed by atoms with Crippen LogP contribution in [0.4, 0.5) is 0 Å². The van der Waals surface area contributed by atoms with Crippen LogP contribution in [0.15, 0.2) is 54.6 Å². The molecule has 1 fully saturated rings. The lowest BCUT2D eigenvalue weighted by Gasteiger charge is -2.26. The molecule has 1 aliphatic rings. The summed E-state index contributed by atoms with van der Waals surface area (Å²) in [6.45, 7) is 1.95. The monoisotopic (exact) mass is 367 g/mol. The van der Waals surface area contributed by atoms with Crippen LogP contribution in [-0.4, -0.2) is 17.0 Å². The van der Waals surface area contributed by atoms with Gasteiger partial charge >= 0.3 is 5.97 Å². The summed E-state index contributed by atoms with van der Waals surface area (Å²) in [6.07, 6.45) is 2.43. The van der Waals surface area contributed by atoms with Crippen LogP contribution in [-0.2, 0) is 9.59 Å². The van der Waals surface area contributed by atoms with Crippen molar-refractivity contribution in [3.63, 3.8) is 0 Å². The van der Waals surface area contributed by atoms with Gasteiger partial charge in [0.2, 0.25) is 5.91 Å². The second-order valence-electron chi connectivity index (χ2n) is 7.10. The van der Waals surface area contributed by atoms with Gasteiger partial charge in [-0.15, -0.1) is 0 Å². The molecule has 0 saturated heterocycles. The molecule has 0 bridgehead atoms. The second kappa shape index (κ2) is 8.71. The predicted octanol–water partition coefficient (Wildman–Crippen LogP) is 4.55. The van der Waals surface area contributed by atoms with E-state index in [0.717, 1.165) is 17.1 Å². The highest BCUT2D eigenvalue weighted by molar-refractivity contribution is 5.79. The van der Waals surface area contributed by atoms with Gasteiger partial charge in [0, 0.05) is 5.92 Å². The van der Waals surface area contributed by atoms with Crippen LogP contribution in [0.2, 0.25) is 0 Å². The standard InChI is InChI=1S/C22H25NO4/c1-15(23-21(24)17-7-9-18(10-8-17)22(25)26)16-11-13-20(14-12-16)27-19-5-3-2-4-6-19/h2-6,11-15,17-18H,7-10H2,1H3,(H,23,24)(H,25,26). The molecule has 0 heterocycles. The molecule has 0 aromatic heterocycles. The number of aliphatic carboxylic acids is 1. The first-order valence-corrected chi connectivity index (χ1v) is 9.39. The predicted molar refractivity (Wildman–Crippen MR) is 103 cm³/mol. The Hall–Kier alpha value is -2.82. The van der Waals surface area contributed by atoms with Crippen molar-refractivity contribution in [2.24, 2.45) is 11.8 Å². The van der Waals surface area contributed by atoms with E-state index in [-0.39, 0.29) is 23.8 Å². The lowest BCUT2D eigenvalue weighted by Crippen LogP contribution is -2.35. The molecular formula is C22H25NO4. The van der Waals surface area contributed by atoms with Crippen LogP contribution >= 0.6 is 0 Å². The smallest absolute Gasteiger partial charge is 0.306 e. The van der Waals surface area contributed by atoms with Gasteiger partial charge in [0.15, 0.2) is 0 Å². The van der Waals surface area contributed by atoms with Crippen LogP contribution in [0.5, 0.6) is 11.5 Å². The largest absolute Gasteiger partial charge is 0.481 e. The van der Waals surface area contributed by atoms with Crippen LogP contribution in [0.25, 0.3) is 0 Å². The van der Waals surface area contributed by atoms with E-state index in [1.54, 1.807) is 0 Å². The van der Waals surface area contributed by atoms with E-state index in [1.807, 2.05) is 61.5 Å². The van der Waals surface area contributed by atoms with Gasteiger partial charge in [0.1, 0.15) is 11.5 Å². The summed E-state index contributed by atoms with van der Waals surface area (Å²) in [5.74, 6) is 0.391. The highest BCUT2D eigenvalue weighted by atomic mass is 16.5. The van der Waals surface area contributed by atoms with Crippen LogP contribution in [0.3, 0.4) is 0 Å². The molecule has 0 radical (unpaired) electrons. The minimum atomic E-state index is -0.750. The Labute approximate surface area is 159 Å². The average molecular weight is 367 g/mol. The first-order chi connectivity index (χ1) is 13.0. The van der Waals surface area contributed by atoms with Gasteiger partial charge in [-0.1, -0.05) is 30.3 Å². The van der Waals surface area contributed by atoms with Crippen LogP contribution in [0.1, 0.15) is 44.2 Å². The van der Waals surface area contributed by atoms with Gasteiger partial charge in [-0.2, -0.15) is 0 Å². The summed E-state index contributed by atoms with van der Waals surface area (Å²) in [5.41, 5.74) is 1.00.